The van der Waals surface area contributed by atoms with E-state index in [0.29, 0.717) is 28.6 Å². The van der Waals surface area contributed by atoms with E-state index in [2.05, 4.69) is 5.32 Å². The van der Waals surface area contributed by atoms with Crippen LogP contribution >= 0.6 is 23.2 Å². The average Bonchev–Trinajstić information content (AvgIpc) is 2.70. The highest BCUT2D eigenvalue weighted by atomic mass is 35.5. The summed E-state index contributed by atoms with van der Waals surface area (Å²) in [6, 6.07) is 7.22. The second-order valence-electron chi connectivity index (χ2n) is 5.22. The maximum Gasteiger partial charge on any atom is 0.234 e. The molecule has 0 radical (unpaired) electrons. The smallest absolute Gasteiger partial charge is 0.234 e. The average molecular weight is 325 g/mol. The van der Waals surface area contributed by atoms with Gasteiger partial charge in [0.2, 0.25) is 11.8 Å². The molecule has 1 N–H and O–H groups in total. The molecule has 0 spiro atoms. The summed E-state index contributed by atoms with van der Waals surface area (Å²) >= 11 is 12.0. The molecule has 1 heterocycles. The van der Waals surface area contributed by atoms with Gasteiger partial charge in [0.1, 0.15) is 0 Å². The zero-order chi connectivity index (χ0) is 15.0. The first-order chi connectivity index (χ1) is 10.1. The molecular weight excluding hydrogens is 311 g/mol. The Hall–Kier alpha value is -1.52. The van der Waals surface area contributed by atoms with Gasteiger partial charge in [0.15, 0.2) is 0 Å². The van der Waals surface area contributed by atoms with Crippen LogP contribution in [0.4, 0.5) is 5.69 Å². The third kappa shape index (κ3) is 2.65. The summed E-state index contributed by atoms with van der Waals surface area (Å²) in [7, 11) is 0. The normalized spacial score (nSPS) is 24.9. The van der Waals surface area contributed by atoms with E-state index in [1.807, 2.05) is 18.2 Å². The SMILES string of the molecule is O=C1[C@H]2CC(Cl)=CC[C@H]2C(=O)N1CNc1ccccc1Cl. The first-order valence-corrected chi connectivity index (χ1v) is 7.51. The number of fused-ring (bicyclic) bond motifs is 1. The van der Waals surface area contributed by atoms with Crippen LogP contribution in [0.5, 0.6) is 0 Å². The number of halogens is 2. The van der Waals surface area contributed by atoms with E-state index < -0.39 is 0 Å². The van der Waals surface area contributed by atoms with Gasteiger partial charge in [0.05, 0.1) is 29.2 Å². The van der Waals surface area contributed by atoms with E-state index in [9.17, 15) is 9.59 Å². The van der Waals surface area contributed by atoms with Crippen molar-refractivity contribution in [2.75, 3.05) is 12.0 Å². The number of nitrogens with one attached hydrogen (secondary N) is 1. The van der Waals surface area contributed by atoms with Crippen molar-refractivity contribution in [1.82, 2.24) is 4.90 Å². The fraction of sp³-hybridized carbons (Fsp3) is 0.333. The van der Waals surface area contributed by atoms with Gasteiger partial charge in [-0.15, -0.1) is 0 Å². The van der Waals surface area contributed by atoms with Crippen molar-refractivity contribution in [1.29, 1.82) is 0 Å². The molecule has 1 fully saturated rings. The van der Waals surface area contributed by atoms with Gasteiger partial charge in [0, 0.05) is 5.03 Å². The zero-order valence-electron chi connectivity index (χ0n) is 11.2. The van der Waals surface area contributed by atoms with Gasteiger partial charge < -0.3 is 5.32 Å². The zero-order valence-corrected chi connectivity index (χ0v) is 12.7. The molecule has 0 bridgehead atoms. The Morgan fingerprint density at radius 3 is 2.62 bits per heavy atom. The molecule has 6 heteroatoms. The minimum atomic E-state index is -0.317. The van der Waals surface area contributed by atoms with Crippen molar-refractivity contribution in [2.45, 2.75) is 12.8 Å². The third-order valence-corrected chi connectivity index (χ3v) is 4.60. The highest BCUT2D eigenvalue weighted by Crippen LogP contribution is 2.38. The molecule has 0 aromatic heterocycles. The highest BCUT2D eigenvalue weighted by molar-refractivity contribution is 6.33. The van der Waals surface area contributed by atoms with Crippen LogP contribution in [0.15, 0.2) is 35.4 Å². The number of imide groups is 1. The van der Waals surface area contributed by atoms with Crippen LogP contribution in [-0.2, 0) is 9.59 Å². The van der Waals surface area contributed by atoms with Crippen LogP contribution in [-0.4, -0.2) is 23.4 Å². The van der Waals surface area contributed by atoms with Gasteiger partial charge in [-0.05, 0) is 25.0 Å². The lowest BCUT2D eigenvalue weighted by molar-refractivity contribution is -0.139. The van der Waals surface area contributed by atoms with E-state index in [4.69, 9.17) is 23.2 Å². The lowest BCUT2D eigenvalue weighted by Crippen LogP contribution is -2.35. The largest absolute Gasteiger partial charge is 0.366 e. The third-order valence-electron chi connectivity index (χ3n) is 3.96. The van der Waals surface area contributed by atoms with Gasteiger partial charge in [-0.3, -0.25) is 14.5 Å². The molecule has 21 heavy (non-hydrogen) atoms. The molecule has 3 rings (SSSR count). The van der Waals surface area contributed by atoms with Gasteiger partial charge in [-0.1, -0.05) is 41.4 Å². The number of allylic oxidation sites excluding steroid dienone is 2. The quantitative estimate of drug-likeness (QED) is 0.868. The molecule has 1 saturated heterocycles. The minimum absolute atomic E-state index is 0.131. The molecule has 0 unspecified atom stereocenters. The molecular formula is C15H14Cl2N2O2. The van der Waals surface area contributed by atoms with Gasteiger partial charge >= 0.3 is 0 Å². The summed E-state index contributed by atoms with van der Waals surface area (Å²) in [5, 5.41) is 4.26. The Bertz CT molecular complexity index is 630. The number of nitrogens with zero attached hydrogens (tertiary/aromatic N) is 1. The molecule has 110 valence electrons. The number of benzene rings is 1. The fourth-order valence-corrected chi connectivity index (χ4v) is 3.28. The van der Waals surface area contributed by atoms with Crippen molar-refractivity contribution in [3.05, 3.63) is 40.4 Å². The molecule has 2 amide bonds. The topological polar surface area (TPSA) is 49.4 Å². The van der Waals surface area contributed by atoms with Crippen molar-refractivity contribution in [2.24, 2.45) is 11.8 Å². The maximum atomic E-state index is 12.3. The van der Waals surface area contributed by atoms with Crippen LogP contribution in [0.2, 0.25) is 5.02 Å². The number of rotatable bonds is 3. The Morgan fingerprint density at radius 2 is 1.86 bits per heavy atom. The van der Waals surface area contributed by atoms with E-state index in [0.717, 1.165) is 0 Å². The Balaban J connectivity index is 1.71. The van der Waals surface area contributed by atoms with Gasteiger partial charge in [0.25, 0.3) is 0 Å². The first-order valence-electron chi connectivity index (χ1n) is 6.76. The van der Waals surface area contributed by atoms with E-state index in [1.54, 1.807) is 12.1 Å². The van der Waals surface area contributed by atoms with Crippen molar-refractivity contribution in [3.63, 3.8) is 0 Å². The monoisotopic (exact) mass is 324 g/mol. The molecule has 2 atom stereocenters. The number of carbonyl (C=O) groups excluding carboxylic acids is 2. The number of likely N-dealkylation sites (tertiary alicyclic amines) is 1. The van der Waals surface area contributed by atoms with Crippen molar-refractivity contribution < 1.29 is 9.59 Å². The number of anilines is 1. The molecule has 4 nitrogen and oxygen atoms in total. The molecule has 2 aliphatic rings. The summed E-state index contributed by atoms with van der Waals surface area (Å²) in [6.45, 7) is 0.131. The highest BCUT2D eigenvalue weighted by Gasteiger charge is 2.48. The van der Waals surface area contributed by atoms with Crippen molar-refractivity contribution >= 4 is 40.7 Å². The fourth-order valence-electron chi connectivity index (χ4n) is 2.82. The van der Waals surface area contributed by atoms with Crippen molar-refractivity contribution in [3.8, 4) is 0 Å². The summed E-state index contributed by atoms with van der Waals surface area (Å²) in [4.78, 5) is 25.9. The van der Waals surface area contributed by atoms with Crippen LogP contribution in [0.3, 0.4) is 0 Å². The predicted molar refractivity (Wildman–Crippen MR) is 81.9 cm³/mol. The van der Waals surface area contributed by atoms with Gasteiger partial charge in [-0.25, -0.2) is 0 Å². The lowest BCUT2D eigenvalue weighted by Gasteiger charge is -2.17. The molecule has 1 aliphatic carbocycles. The number of hydrogen-bond acceptors (Lipinski definition) is 3. The summed E-state index contributed by atoms with van der Waals surface area (Å²) in [5.74, 6) is -0.878. The first kappa shape index (κ1) is 14.4. The second kappa shape index (κ2) is 5.70. The van der Waals surface area contributed by atoms with E-state index in [1.165, 1.54) is 4.90 Å². The minimum Gasteiger partial charge on any atom is -0.366 e. The van der Waals surface area contributed by atoms with Gasteiger partial charge in [-0.2, -0.15) is 0 Å². The molecule has 1 aromatic rings. The summed E-state index contributed by atoms with van der Waals surface area (Å²) < 4.78 is 0. The van der Waals surface area contributed by atoms with Crippen LogP contribution in [0.1, 0.15) is 12.8 Å². The molecule has 1 aliphatic heterocycles. The number of hydrogen-bond donors (Lipinski definition) is 1. The summed E-state index contributed by atoms with van der Waals surface area (Å²) in [5.41, 5.74) is 0.700. The maximum absolute atomic E-state index is 12.3. The van der Waals surface area contributed by atoms with E-state index in [-0.39, 0.29) is 30.3 Å². The number of carbonyl (C=O) groups is 2. The lowest BCUT2D eigenvalue weighted by atomic mass is 9.85. The number of para-hydroxylation sites is 1. The Kier molecular flexibility index (Phi) is 3.91. The van der Waals surface area contributed by atoms with E-state index >= 15 is 0 Å². The van der Waals surface area contributed by atoms with Crippen LogP contribution in [0.25, 0.3) is 0 Å². The second-order valence-corrected chi connectivity index (χ2v) is 6.12. The number of amides is 2. The standard InChI is InChI=1S/C15H14Cl2N2O2/c16-9-5-6-10-11(7-9)15(21)19(14(10)20)8-18-13-4-2-1-3-12(13)17/h1-5,10-11,18H,6-8H2/t10-,11+/m1/s1. The van der Waals surface area contributed by atoms with Crippen LogP contribution < -0.4 is 5.32 Å². The predicted octanol–water partition coefficient (Wildman–Crippen LogP) is 3.23. The molecule has 0 saturated carbocycles. The van der Waals surface area contributed by atoms with Crippen LogP contribution in [0, 0.1) is 11.8 Å². The Labute approximate surface area is 132 Å². The molecule has 1 aromatic carbocycles. The summed E-state index contributed by atoms with van der Waals surface area (Å²) in [6.07, 6.45) is 2.83. The Morgan fingerprint density at radius 1 is 1.14 bits per heavy atom.